The summed E-state index contributed by atoms with van der Waals surface area (Å²) in [5.74, 6) is 0.886. The van der Waals surface area contributed by atoms with Crippen LogP contribution in [0.25, 0.3) is 16.7 Å². The van der Waals surface area contributed by atoms with Crippen molar-refractivity contribution >= 4 is 34.5 Å². The van der Waals surface area contributed by atoms with Crippen molar-refractivity contribution in [2.24, 2.45) is 0 Å². The number of ether oxygens (including phenoxy) is 1. The number of nitrogens with zero attached hydrogens (tertiary/aromatic N) is 5. The Morgan fingerprint density at radius 1 is 1.16 bits per heavy atom. The fraction of sp³-hybridized carbons (Fsp3) is 0.458. The van der Waals surface area contributed by atoms with Crippen molar-refractivity contribution in [2.75, 3.05) is 18.0 Å². The molecule has 3 aromatic rings. The first-order chi connectivity index (χ1) is 15.0. The van der Waals surface area contributed by atoms with Gasteiger partial charge in [-0.3, -0.25) is 0 Å². The van der Waals surface area contributed by atoms with Crippen molar-refractivity contribution in [1.82, 2.24) is 19.4 Å². The predicted octanol–water partition coefficient (Wildman–Crippen LogP) is 5.22. The monoisotopic (exact) mass is 455 g/mol. The lowest BCUT2D eigenvalue weighted by Gasteiger charge is -2.44. The minimum Gasteiger partial charge on any atom is -0.444 e. The van der Waals surface area contributed by atoms with Crippen LogP contribution in [0.1, 0.15) is 40.2 Å². The number of hydrogen-bond donors (Lipinski definition) is 0. The van der Waals surface area contributed by atoms with E-state index < -0.39 is 5.60 Å². The Kier molecular flexibility index (Phi) is 5.79. The van der Waals surface area contributed by atoms with Gasteiger partial charge in [0.1, 0.15) is 23.4 Å². The SMILES string of the molecule is Cc1cn(-c2cccc(Cl)c2)c2ncnc(N3C[C@@H](C)N(C(=O)OC(C)(C)C)C[C@@H]3C)c12. The Morgan fingerprint density at radius 2 is 1.91 bits per heavy atom. The summed E-state index contributed by atoms with van der Waals surface area (Å²) in [6, 6.07) is 7.79. The molecule has 0 aliphatic carbocycles. The average Bonchev–Trinajstić information content (AvgIpc) is 3.05. The van der Waals surface area contributed by atoms with E-state index in [0.717, 1.165) is 28.1 Å². The van der Waals surface area contributed by atoms with Gasteiger partial charge in [0, 0.05) is 42.1 Å². The van der Waals surface area contributed by atoms with Gasteiger partial charge >= 0.3 is 6.09 Å². The molecule has 1 aromatic carbocycles. The van der Waals surface area contributed by atoms with Gasteiger partial charge < -0.3 is 19.1 Å². The van der Waals surface area contributed by atoms with Crippen LogP contribution < -0.4 is 4.90 Å². The number of hydrogen-bond acceptors (Lipinski definition) is 5. The van der Waals surface area contributed by atoms with E-state index in [1.54, 1.807) is 6.33 Å². The molecule has 2 atom stereocenters. The van der Waals surface area contributed by atoms with E-state index >= 15 is 0 Å². The quantitative estimate of drug-likeness (QED) is 0.530. The van der Waals surface area contributed by atoms with Crippen molar-refractivity contribution < 1.29 is 9.53 Å². The van der Waals surface area contributed by atoms with Gasteiger partial charge in [-0.1, -0.05) is 17.7 Å². The molecule has 1 aliphatic heterocycles. The first-order valence-electron chi connectivity index (χ1n) is 10.9. The normalized spacial score (nSPS) is 19.5. The van der Waals surface area contributed by atoms with Gasteiger partial charge in [-0.2, -0.15) is 0 Å². The summed E-state index contributed by atoms with van der Waals surface area (Å²) in [7, 11) is 0. The molecule has 0 radical (unpaired) electrons. The highest BCUT2D eigenvalue weighted by atomic mass is 35.5. The minimum absolute atomic E-state index is 0.0126. The van der Waals surface area contributed by atoms with Crippen LogP contribution in [-0.4, -0.2) is 56.3 Å². The zero-order valence-electron chi connectivity index (χ0n) is 19.5. The van der Waals surface area contributed by atoms with Gasteiger partial charge in [0.15, 0.2) is 0 Å². The van der Waals surface area contributed by atoms with E-state index in [9.17, 15) is 4.79 Å². The number of aromatic nitrogens is 3. The highest BCUT2D eigenvalue weighted by Crippen LogP contribution is 2.33. The number of fused-ring (bicyclic) bond motifs is 1. The fourth-order valence-electron chi connectivity index (χ4n) is 4.26. The van der Waals surface area contributed by atoms with Crippen LogP contribution in [0.4, 0.5) is 10.6 Å². The lowest BCUT2D eigenvalue weighted by molar-refractivity contribution is 0.0130. The number of anilines is 1. The van der Waals surface area contributed by atoms with Crippen molar-refractivity contribution in [1.29, 1.82) is 0 Å². The Bertz CT molecular complexity index is 1150. The Labute approximate surface area is 194 Å². The van der Waals surface area contributed by atoms with Crippen LogP contribution in [0.3, 0.4) is 0 Å². The van der Waals surface area contributed by atoms with Crippen molar-refractivity contribution in [3.8, 4) is 5.69 Å². The largest absolute Gasteiger partial charge is 0.444 e. The zero-order chi connectivity index (χ0) is 23.2. The molecule has 1 fully saturated rings. The highest BCUT2D eigenvalue weighted by molar-refractivity contribution is 6.30. The molecule has 1 saturated heterocycles. The third kappa shape index (κ3) is 4.26. The third-order valence-corrected chi connectivity index (χ3v) is 5.96. The molecule has 2 aromatic heterocycles. The maximum Gasteiger partial charge on any atom is 0.410 e. The summed E-state index contributed by atoms with van der Waals surface area (Å²) in [4.78, 5) is 26.1. The molecular formula is C24H30ClN5O2. The van der Waals surface area contributed by atoms with E-state index in [1.165, 1.54) is 0 Å². The van der Waals surface area contributed by atoms with Gasteiger partial charge in [0.25, 0.3) is 0 Å². The minimum atomic E-state index is -0.518. The van der Waals surface area contributed by atoms with Gasteiger partial charge in [-0.25, -0.2) is 14.8 Å². The molecule has 32 heavy (non-hydrogen) atoms. The number of amides is 1. The van der Waals surface area contributed by atoms with Crippen LogP contribution in [-0.2, 0) is 4.74 Å². The maximum absolute atomic E-state index is 12.7. The number of carbonyl (C=O) groups excluding carboxylic acids is 1. The number of halogens is 1. The van der Waals surface area contributed by atoms with E-state index in [0.29, 0.717) is 18.1 Å². The summed E-state index contributed by atoms with van der Waals surface area (Å²) in [5.41, 5.74) is 2.36. The van der Waals surface area contributed by atoms with E-state index in [4.69, 9.17) is 16.3 Å². The van der Waals surface area contributed by atoms with E-state index in [-0.39, 0.29) is 18.2 Å². The summed E-state index contributed by atoms with van der Waals surface area (Å²) < 4.78 is 7.67. The molecule has 0 unspecified atom stereocenters. The second-order valence-electron chi connectivity index (χ2n) is 9.54. The van der Waals surface area contributed by atoms with Crippen LogP contribution in [0.2, 0.25) is 5.02 Å². The van der Waals surface area contributed by atoms with Crippen LogP contribution in [0, 0.1) is 6.92 Å². The molecule has 1 amide bonds. The van der Waals surface area contributed by atoms with Crippen molar-refractivity contribution in [3.05, 3.63) is 47.4 Å². The first-order valence-corrected chi connectivity index (χ1v) is 11.3. The predicted molar refractivity (Wildman–Crippen MR) is 128 cm³/mol. The van der Waals surface area contributed by atoms with Gasteiger partial charge in [0.2, 0.25) is 0 Å². The Hall–Kier alpha value is -2.80. The first kappa shape index (κ1) is 22.4. The summed E-state index contributed by atoms with van der Waals surface area (Å²) in [6.07, 6.45) is 3.41. The van der Waals surface area contributed by atoms with Crippen LogP contribution in [0.5, 0.6) is 0 Å². The number of piperazine rings is 1. The topological polar surface area (TPSA) is 63.5 Å². The number of rotatable bonds is 2. The molecule has 0 N–H and O–H groups in total. The fourth-order valence-corrected chi connectivity index (χ4v) is 4.44. The van der Waals surface area contributed by atoms with Crippen molar-refractivity contribution in [3.63, 3.8) is 0 Å². The third-order valence-electron chi connectivity index (χ3n) is 5.72. The lowest BCUT2D eigenvalue weighted by atomic mass is 10.1. The van der Waals surface area contributed by atoms with Gasteiger partial charge in [-0.15, -0.1) is 0 Å². The molecule has 7 nitrogen and oxygen atoms in total. The Balaban J connectivity index is 1.68. The van der Waals surface area contributed by atoms with Crippen LogP contribution >= 0.6 is 11.6 Å². The Morgan fingerprint density at radius 3 is 2.59 bits per heavy atom. The van der Waals surface area contributed by atoms with Crippen molar-refractivity contribution in [2.45, 2.75) is 59.2 Å². The number of aryl methyl sites for hydroxylation is 1. The van der Waals surface area contributed by atoms with Crippen LogP contribution in [0.15, 0.2) is 36.8 Å². The van der Waals surface area contributed by atoms with Gasteiger partial charge in [0.05, 0.1) is 5.39 Å². The molecule has 0 saturated carbocycles. The molecule has 3 heterocycles. The molecule has 170 valence electrons. The molecule has 1 aliphatic rings. The summed E-state index contributed by atoms with van der Waals surface area (Å²) in [5, 5.41) is 1.69. The highest BCUT2D eigenvalue weighted by Gasteiger charge is 2.36. The summed E-state index contributed by atoms with van der Waals surface area (Å²) >= 11 is 6.22. The number of carbonyl (C=O) groups is 1. The van der Waals surface area contributed by atoms with E-state index in [2.05, 4.69) is 34.9 Å². The smallest absolute Gasteiger partial charge is 0.410 e. The zero-order valence-corrected chi connectivity index (χ0v) is 20.2. The molecule has 8 heteroatoms. The maximum atomic E-state index is 12.7. The lowest BCUT2D eigenvalue weighted by Crippen LogP contribution is -2.59. The average molecular weight is 456 g/mol. The second-order valence-corrected chi connectivity index (χ2v) is 9.98. The molecule has 0 spiro atoms. The van der Waals surface area contributed by atoms with E-state index in [1.807, 2.05) is 61.4 Å². The standard InChI is InChI=1S/C24H30ClN5O2/c1-15-11-30(19-9-7-8-18(25)10-19)22-20(15)21(26-14-27-22)28-12-17(3)29(13-16(28)2)23(31)32-24(4,5)6/h7-11,14,16-17H,12-13H2,1-6H3/t16-,17+/m0/s1. The summed E-state index contributed by atoms with van der Waals surface area (Å²) in [6.45, 7) is 13.1. The van der Waals surface area contributed by atoms with Gasteiger partial charge in [-0.05, 0) is 65.3 Å². The molecule has 0 bridgehead atoms. The second kappa shape index (κ2) is 8.28. The molecule has 4 rings (SSSR count). The molecular weight excluding hydrogens is 426 g/mol. The number of benzene rings is 1.